The van der Waals surface area contributed by atoms with Crippen molar-refractivity contribution in [3.05, 3.63) is 59.7 Å². The van der Waals surface area contributed by atoms with Gasteiger partial charge in [0.15, 0.2) is 0 Å². The number of carboxylic acids is 1. The number of benzene rings is 3. The second-order valence-corrected chi connectivity index (χ2v) is 8.04. The number of aliphatic carboxylic acids is 1. The molecule has 0 aliphatic carbocycles. The summed E-state index contributed by atoms with van der Waals surface area (Å²) in [5.74, 6) is 3.58. The zero-order chi connectivity index (χ0) is 24.4. The number of nitrogen functional groups attached to an aromatic ring is 1. The fourth-order valence-electron chi connectivity index (χ4n) is 3.50. The van der Waals surface area contributed by atoms with Crippen LogP contribution >= 0.6 is 12.0 Å². The summed E-state index contributed by atoms with van der Waals surface area (Å²) in [4.78, 5) is 23.6. The highest BCUT2D eigenvalue weighted by Gasteiger charge is 2.20. The maximum absolute atomic E-state index is 11.4. The quantitative estimate of drug-likeness (QED) is 0.0644. The molecule has 0 unspecified atom stereocenters. The second-order valence-electron chi connectivity index (χ2n) is 7.27. The Hall–Kier alpha value is -4.10. The lowest BCUT2D eigenvalue weighted by Crippen LogP contribution is -2.10. The number of rotatable bonds is 8. The van der Waals surface area contributed by atoms with Crippen LogP contribution in [0.2, 0.25) is 0 Å². The lowest BCUT2D eigenvalue weighted by atomic mass is 9.96. The fourth-order valence-corrected chi connectivity index (χ4v) is 3.91. The normalized spacial score (nSPS) is 11.1. The number of H-pyrrole nitrogens is 1. The van der Waals surface area contributed by atoms with Gasteiger partial charge in [-0.05, 0) is 54.1 Å². The lowest BCUT2D eigenvalue weighted by molar-refractivity contribution is -0.195. The number of hydrogen-bond acceptors (Lipinski definition) is 9. The summed E-state index contributed by atoms with van der Waals surface area (Å²) < 4.78 is 4.64. The fraction of sp³-hybridized carbons (Fsp3) is 0.0455. The van der Waals surface area contributed by atoms with Gasteiger partial charge in [0.1, 0.15) is 23.2 Å². The molecule has 34 heavy (non-hydrogen) atoms. The van der Waals surface area contributed by atoms with Crippen LogP contribution in [0.5, 0.6) is 11.5 Å². The predicted octanol–water partition coefficient (Wildman–Crippen LogP) is 3.05. The molecule has 1 aromatic heterocycles. The molecular weight excluding hydrogens is 462 g/mol. The van der Waals surface area contributed by atoms with Crippen molar-refractivity contribution in [3.8, 4) is 34.0 Å². The van der Waals surface area contributed by atoms with Gasteiger partial charge < -0.3 is 26.0 Å². The Labute approximate surface area is 196 Å². The minimum atomic E-state index is -1.07. The molecule has 11 nitrogen and oxygen atoms in total. The average molecular weight is 481 g/mol. The van der Waals surface area contributed by atoms with Crippen molar-refractivity contribution < 1.29 is 29.4 Å². The Morgan fingerprint density at radius 2 is 1.85 bits per heavy atom. The van der Waals surface area contributed by atoms with E-state index in [4.69, 9.17) is 17.0 Å². The lowest BCUT2D eigenvalue weighted by Gasteiger charge is -2.13. The van der Waals surface area contributed by atoms with Crippen LogP contribution < -0.4 is 11.6 Å². The minimum Gasteiger partial charge on any atom is -0.507 e. The molecule has 0 saturated heterocycles. The monoisotopic (exact) mass is 481 g/mol. The maximum atomic E-state index is 11.4. The van der Waals surface area contributed by atoms with Crippen molar-refractivity contribution in [1.82, 2.24) is 9.97 Å². The Kier molecular flexibility index (Phi) is 6.38. The van der Waals surface area contributed by atoms with Crippen LogP contribution in [0.4, 0.5) is 0 Å². The Balaban J connectivity index is 1.90. The van der Waals surface area contributed by atoms with E-state index in [1.54, 1.807) is 24.3 Å². The van der Waals surface area contributed by atoms with E-state index in [1.807, 2.05) is 0 Å². The summed E-state index contributed by atoms with van der Waals surface area (Å²) in [6.07, 6.45) is -0.325. The van der Waals surface area contributed by atoms with Gasteiger partial charge in [-0.1, -0.05) is 0 Å². The average Bonchev–Trinajstić information content (AvgIpc) is 3.22. The molecule has 0 saturated carbocycles. The number of hydrogen-bond donors (Lipinski definition) is 7. The van der Waals surface area contributed by atoms with Crippen molar-refractivity contribution in [1.29, 1.82) is 5.41 Å². The zero-order valence-corrected chi connectivity index (χ0v) is 18.2. The maximum Gasteiger partial charge on any atom is 0.307 e. The zero-order valence-electron chi connectivity index (χ0n) is 17.4. The number of aromatic amines is 1. The first kappa shape index (κ1) is 23.1. The molecular formula is C22H19N5O6S. The Morgan fingerprint density at radius 1 is 1.09 bits per heavy atom. The molecule has 3 aromatic carbocycles. The van der Waals surface area contributed by atoms with Gasteiger partial charge in [-0.2, -0.15) is 5.90 Å². The van der Waals surface area contributed by atoms with E-state index in [0.717, 1.165) is 12.0 Å². The van der Waals surface area contributed by atoms with E-state index < -0.39 is 5.97 Å². The number of nitrogens with zero attached hydrogens (tertiary/aromatic N) is 1. The predicted molar refractivity (Wildman–Crippen MR) is 125 cm³/mol. The molecule has 0 radical (unpaired) electrons. The SMILES string of the molecule is N=C(N)c1ccc2[nH]c(-c3cc(CC(=O)O)cc(-c4cc(SOON)ccc4O)c3O)nc2c1. The summed E-state index contributed by atoms with van der Waals surface area (Å²) in [7, 11) is 0. The molecule has 1 heterocycles. The molecule has 0 bridgehead atoms. The number of phenolic OH excluding ortho intramolecular Hbond substituents is 2. The third-order valence-electron chi connectivity index (χ3n) is 5.00. The third kappa shape index (κ3) is 4.65. The molecule has 12 heteroatoms. The van der Waals surface area contributed by atoms with Crippen LogP contribution in [0.1, 0.15) is 11.1 Å². The first-order valence-corrected chi connectivity index (χ1v) is 10.5. The van der Waals surface area contributed by atoms with Gasteiger partial charge in [0, 0.05) is 21.6 Å². The van der Waals surface area contributed by atoms with Crippen LogP contribution in [0.3, 0.4) is 0 Å². The van der Waals surface area contributed by atoms with E-state index in [9.17, 15) is 20.1 Å². The van der Waals surface area contributed by atoms with Crippen LogP contribution in [-0.2, 0) is 20.5 Å². The molecule has 9 N–H and O–H groups in total. The minimum absolute atomic E-state index is 0.114. The highest BCUT2D eigenvalue weighted by atomic mass is 32.2. The smallest absolute Gasteiger partial charge is 0.307 e. The van der Waals surface area contributed by atoms with Crippen LogP contribution in [0.25, 0.3) is 33.5 Å². The summed E-state index contributed by atoms with van der Waals surface area (Å²) >= 11 is 0.786. The summed E-state index contributed by atoms with van der Waals surface area (Å²) in [5.41, 5.74) is 8.20. The number of phenols is 2. The van der Waals surface area contributed by atoms with Crippen molar-refractivity contribution in [2.45, 2.75) is 11.3 Å². The van der Waals surface area contributed by atoms with Gasteiger partial charge in [0.25, 0.3) is 0 Å². The van der Waals surface area contributed by atoms with Gasteiger partial charge in [0.2, 0.25) is 0 Å². The number of imidazole rings is 1. The van der Waals surface area contributed by atoms with Crippen molar-refractivity contribution in [2.75, 3.05) is 0 Å². The van der Waals surface area contributed by atoms with E-state index >= 15 is 0 Å². The van der Waals surface area contributed by atoms with E-state index in [1.165, 1.54) is 24.3 Å². The topological polar surface area (TPSA) is 201 Å². The third-order valence-corrected chi connectivity index (χ3v) is 5.59. The number of nitrogens with two attached hydrogens (primary N) is 2. The number of carboxylic acid groups (broad SMARTS) is 1. The van der Waals surface area contributed by atoms with Crippen LogP contribution in [-0.4, -0.2) is 37.1 Å². The highest BCUT2D eigenvalue weighted by molar-refractivity contribution is 7.94. The van der Waals surface area contributed by atoms with Gasteiger partial charge in [-0.25, -0.2) is 4.98 Å². The molecule has 0 fully saturated rings. The van der Waals surface area contributed by atoms with E-state index in [0.29, 0.717) is 27.1 Å². The number of carbonyl (C=O) groups is 1. The van der Waals surface area contributed by atoms with Crippen molar-refractivity contribution >= 4 is 34.9 Å². The molecule has 0 atom stereocenters. The van der Waals surface area contributed by atoms with E-state index in [2.05, 4.69) is 19.3 Å². The number of fused-ring (bicyclic) bond motifs is 1. The van der Waals surface area contributed by atoms with Gasteiger partial charge in [-0.3, -0.25) is 10.2 Å². The number of amidine groups is 1. The molecule has 174 valence electrons. The van der Waals surface area contributed by atoms with Crippen LogP contribution in [0, 0.1) is 5.41 Å². The van der Waals surface area contributed by atoms with Crippen LogP contribution in [0.15, 0.2) is 53.4 Å². The van der Waals surface area contributed by atoms with Gasteiger partial charge in [-0.15, -0.1) is 9.32 Å². The second kappa shape index (κ2) is 9.41. The molecule has 4 aromatic rings. The Bertz CT molecular complexity index is 1420. The standard InChI is InChI=1S/C22H19N5O6S/c23-21(24)11-1-3-16-17(8-11)27-22(26-16)15-6-10(7-19(29)30)5-14(20(15)31)13-9-12(34-33-32-25)2-4-18(13)28/h1-6,8-9,28,31H,7,25H2,(H3,23,24)(H,26,27)(H,29,30). The molecule has 0 aliphatic rings. The number of aromatic hydroxyl groups is 2. The largest absolute Gasteiger partial charge is 0.507 e. The number of nitrogens with one attached hydrogen (secondary N) is 2. The first-order chi connectivity index (χ1) is 16.3. The Morgan fingerprint density at radius 3 is 2.56 bits per heavy atom. The molecule has 4 rings (SSSR count). The summed E-state index contributed by atoms with van der Waals surface area (Å²) in [5, 5.41) is 38.6. The van der Waals surface area contributed by atoms with Crippen molar-refractivity contribution in [2.24, 2.45) is 11.6 Å². The summed E-state index contributed by atoms with van der Waals surface area (Å²) in [6, 6.07) is 12.5. The van der Waals surface area contributed by atoms with Gasteiger partial charge in [0.05, 0.1) is 35.1 Å². The van der Waals surface area contributed by atoms with E-state index in [-0.39, 0.29) is 46.3 Å². The van der Waals surface area contributed by atoms with Crippen molar-refractivity contribution in [3.63, 3.8) is 0 Å². The molecule has 0 amide bonds. The molecule has 0 spiro atoms. The number of aromatic nitrogens is 2. The molecule has 0 aliphatic heterocycles. The van der Waals surface area contributed by atoms with Gasteiger partial charge >= 0.3 is 5.97 Å². The highest BCUT2D eigenvalue weighted by Crippen LogP contribution is 2.43. The summed E-state index contributed by atoms with van der Waals surface area (Å²) in [6.45, 7) is 0. The first-order valence-electron chi connectivity index (χ1n) is 9.72.